The third kappa shape index (κ3) is 3.49. The smallest absolute Gasteiger partial charge is 0.254 e. The van der Waals surface area contributed by atoms with E-state index in [2.05, 4.69) is 15.4 Å². The summed E-state index contributed by atoms with van der Waals surface area (Å²) in [7, 11) is 0. The van der Waals surface area contributed by atoms with Crippen LogP contribution < -0.4 is 15.6 Å². The van der Waals surface area contributed by atoms with Crippen molar-refractivity contribution in [3.8, 4) is 11.4 Å². The number of rotatable bonds is 6. The predicted molar refractivity (Wildman–Crippen MR) is 111 cm³/mol. The van der Waals surface area contributed by atoms with Gasteiger partial charge in [-0.05, 0) is 56.3 Å². The Morgan fingerprint density at radius 1 is 1.11 bits per heavy atom. The Hall–Kier alpha value is -3.54. The number of hydrogen-bond acceptors (Lipinski definition) is 4. The molecule has 2 heterocycles. The number of aromatic nitrogens is 3. The monoisotopic (exact) mass is 374 g/mol. The van der Waals surface area contributed by atoms with Crippen molar-refractivity contribution in [3.05, 3.63) is 82.3 Å². The van der Waals surface area contributed by atoms with E-state index in [0.29, 0.717) is 24.4 Å². The first-order chi connectivity index (χ1) is 13.7. The standard InChI is InChI=1S/C22H22N4O2/c1-3-28-19-11-9-17(10-12-19)23-14-16-13-20-15(2)25-26(21(20)24-22(16)27)18-7-5-4-6-8-18/h4-13,23H,3,14H2,1-2H3,(H,24,27). The molecule has 0 atom stereocenters. The van der Waals surface area contributed by atoms with Gasteiger partial charge < -0.3 is 15.0 Å². The van der Waals surface area contributed by atoms with Crippen molar-refractivity contribution < 1.29 is 4.74 Å². The summed E-state index contributed by atoms with van der Waals surface area (Å²) in [5.41, 5.74) is 3.97. The number of benzene rings is 2. The number of nitrogens with one attached hydrogen (secondary N) is 2. The normalized spacial score (nSPS) is 10.9. The van der Waals surface area contributed by atoms with Gasteiger partial charge in [0.2, 0.25) is 0 Å². The van der Waals surface area contributed by atoms with Gasteiger partial charge in [0.25, 0.3) is 5.56 Å². The molecule has 0 saturated heterocycles. The molecule has 0 unspecified atom stereocenters. The van der Waals surface area contributed by atoms with Gasteiger partial charge in [0.1, 0.15) is 11.4 Å². The summed E-state index contributed by atoms with van der Waals surface area (Å²) in [6, 6.07) is 19.4. The SMILES string of the molecule is CCOc1ccc(NCc2cc3c(C)nn(-c4ccccc4)c3[nH]c2=O)cc1. The van der Waals surface area contributed by atoms with Gasteiger partial charge in [-0.3, -0.25) is 4.79 Å². The average Bonchev–Trinajstić information content (AvgIpc) is 3.04. The van der Waals surface area contributed by atoms with Gasteiger partial charge in [0, 0.05) is 23.2 Å². The van der Waals surface area contributed by atoms with Gasteiger partial charge >= 0.3 is 0 Å². The van der Waals surface area contributed by atoms with E-state index < -0.39 is 0 Å². The van der Waals surface area contributed by atoms with Crippen LogP contribution in [0.3, 0.4) is 0 Å². The number of nitrogens with zero attached hydrogens (tertiary/aromatic N) is 2. The molecule has 0 fully saturated rings. The lowest BCUT2D eigenvalue weighted by atomic mass is 10.2. The Kier molecular flexibility index (Phi) is 4.85. The van der Waals surface area contributed by atoms with E-state index in [0.717, 1.165) is 28.2 Å². The number of hydrogen-bond donors (Lipinski definition) is 2. The molecule has 6 heteroatoms. The van der Waals surface area contributed by atoms with Gasteiger partial charge in [-0.2, -0.15) is 5.10 Å². The fourth-order valence-electron chi connectivity index (χ4n) is 3.18. The highest BCUT2D eigenvalue weighted by Crippen LogP contribution is 2.20. The second-order valence-corrected chi connectivity index (χ2v) is 6.53. The molecular formula is C22H22N4O2. The lowest BCUT2D eigenvalue weighted by Gasteiger charge is -2.08. The topological polar surface area (TPSA) is 71.9 Å². The molecule has 0 aliphatic heterocycles. The molecule has 2 aromatic carbocycles. The van der Waals surface area contributed by atoms with Crippen molar-refractivity contribution in [1.29, 1.82) is 0 Å². The first-order valence-electron chi connectivity index (χ1n) is 9.29. The zero-order valence-electron chi connectivity index (χ0n) is 15.9. The van der Waals surface area contributed by atoms with Crippen LogP contribution in [0.15, 0.2) is 65.5 Å². The van der Waals surface area contributed by atoms with Crippen LogP contribution in [0.4, 0.5) is 5.69 Å². The highest BCUT2D eigenvalue weighted by Gasteiger charge is 2.12. The Balaban J connectivity index is 1.61. The summed E-state index contributed by atoms with van der Waals surface area (Å²) in [6.45, 7) is 4.97. The van der Waals surface area contributed by atoms with Gasteiger partial charge in [0.05, 0.1) is 18.0 Å². The van der Waals surface area contributed by atoms with Crippen LogP contribution in [-0.4, -0.2) is 21.4 Å². The van der Waals surface area contributed by atoms with Crippen molar-refractivity contribution in [2.24, 2.45) is 0 Å². The molecule has 0 radical (unpaired) electrons. The van der Waals surface area contributed by atoms with Crippen LogP contribution >= 0.6 is 0 Å². The van der Waals surface area contributed by atoms with Crippen molar-refractivity contribution in [2.75, 3.05) is 11.9 Å². The minimum absolute atomic E-state index is 0.122. The highest BCUT2D eigenvalue weighted by molar-refractivity contribution is 5.80. The molecule has 6 nitrogen and oxygen atoms in total. The van der Waals surface area contributed by atoms with E-state index in [1.807, 2.05) is 74.5 Å². The number of anilines is 1. The fourth-order valence-corrected chi connectivity index (χ4v) is 3.18. The first kappa shape index (κ1) is 17.9. The van der Waals surface area contributed by atoms with E-state index in [-0.39, 0.29) is 5.56 Å². The second kappa shape index (κ2) is 7.60. The summed E-state index contributed by atoms with van der Waals surface area (Å²) in [5.74, 6) is 0.830. The molecule has 2 N–H and O–H groups in total. The molecule has 0 aliphatic rings. The van der Waals surface area contributed by atoms with Crippen molar-refractivity contribution in [1.82, 2.24) is 14.8 Å². The molecule has 0 saturated carbocycles. The lowest BCUT2D eigenvalue weighted by Crippen LogP contribution is -2.16. The van der Waals surface area contributed by atoms with Crippen molar-refractivity contribution in [3.63, 3.8) is 0 Å². The van der Waals surface area contributed by atoms with Gasteiger partial charge in [-0.15, -0.1) is 0 Å². The Labute approximate surface area is 162 Å². The Morgan fingerprint density at radius 3 is 2.57 bits per heavy atom. The Bertz CT molecular complexity index is 1150. The van der Waals surface area contributed by atoms with Crippen LogP contribution in [0.2, 0.25) is 0 Å². The molecule has 28 heavy (non-hydrogen) atoms. The zero-order valence-corrected chi connectivity index (χ0v) is 15.9. The van der Waals surface area contributed by atoms with Crippen molar-refractivity contribution in [2.45, 2.75) is 20.4 Å². The number of aryl methyl sites for hydroxylation is 1. The number of H-pyrrole nitrogens is 1. The molecule has 142 valence electrons. The summed E-state index contributed by atoms with van der Waals surface area (Å²) < 4.78 is 7.22. The van der Waals surface area contributed by atoms with E-state index in [1.165, 1.54) is 0 Å². The van der Waals surface area contributed by atoms with Crippen LogP contribution in [0, 0.1) is 6.92 Å². The summed E-state index contributed by atoms with van der Waals surface area (Å²) in [4.78, 5) is 15.6. The van der Waals surface area contributed by atoms with E-state index in [4.69, 9.17) is 4.74 Å². The minimum Gasteiger partial charge on any atom is -0.494 e. The summed E-state index contributed by atoms with van der Waals surface area (Å²) >= 11 is 0. The molecule has 0 bridgehead atoms. The largest absolute Gasteiger partial charge is 0.494 e. The molecule has 0 amide bonds. The maximum Gasteiger partial charge on any atom is 0.254 e. The molecule has 0 spiro atoms. The number of para-hydroxylation sites is 1. The highest BCUT2D eigenvalue weighted by atomic mass is 16.5. The summed E-state index contributed by atoms with van der Waals surface area (Å²) in [5, 5.41) is 8.83. The minimum atomic E-state index is -0.122. The number of fused-ring (bicyclic) bond motifs is 1. The fraction of sp³-hybridized carbons (Fsp3) is 0.182. The van der Waals surface area contributed by atoms with Gasteiger partial charge in [-0.25, -0.2) is 4.68 Å². The maximum atomic E-state index is 12.6. The molecule has 4 aromatic rings. The number of pyridine rings is 1. The van der Waals surface area contributed by atoms with Crippen LogP contribution in [0.25, 0.3) is 16.7 Å². The summed E-state index contributed by atoms with van der Waals surface area (Å²) in [6.07, 6.45) is 0. The van der Waals surface area contributed by atoms with E-state index >= 15 is 0 Å². The quantitative estimate of drug-likeness (QED) is 0.534. The zero-order chi connectivity index (χ0) is 19.5. The third-order valence-electron chi connectivity index (χ3n) is 4.60. The third-order valence-corrected chi connectivity index (χ3v) is 4.60. The Morgan fingerprint density at radius 2 is 1.86 bits per heavy atom. The lowest BCUT2D eigenvalue weighted by molar-refractivity contribution is 0.340. The first-order valence-corrected chi connectivity index (χ1v) is 9.29. The molecular weight excluding hydrogens is 352 g/mol. The molecule has 4 rings (SSSR count). The van der Waals surface area contributed by atoms with Gasteiger partial charge in [0.15, 0.2) is 0 Å². The van der Waals surface area contributed by atoms with Crippen LogP contribution in [-0.2, 0) is 6.54 Å². The van der Waals surface area contributed by atoms with E-state index in [1.54, 1.807) is 4.68 Å². The molecule has 0 aliphatic carbocycles. The average molecular weight is 374 g/mol. The second-order valence-electron chi connectivity index (χ2n) is 6.53. The number of aromatic amines is 1. The maximum absolute atomic E-state index is 12.6. The van der Waals surface area contributed by atoms with Crippen LogP contribution in [0.1, 0.15) is 18.2 Å². The number of ether oxygens (including phenoxy) is 1. The van der Waals surface area contributed by atoms with E-state index in [9.17, 15) is 4.79 Å². The van der Waals surface area contributed by atoms with Crippen LogP contribution in [0.5, 0.6) is 5.75 Å². The molecule has 2 aromatic heterocycles. The van der Waals surface area contributed by atoms with Crippen molar-refractivity contribution >= 4 is 16.7 Å². The predicted octanol–water partition coefficient (Wildman–Crippen LogP) is 4.03. The van der Waals surface area contributed by atoms with Gasteiger partial charge in [-0.1, -0.05) is 18.2 Å².